The molecule has 2 aromatic carbocycles. The van der Waals surface area contributed by atoms with Crippen molar-refractivity contribution in [3.05, 3.63) is 95.4 Å². The van der Waals surface area contributed by atoms with Crippen LogP contribution in [0.5, 0.6) is 0 Å². The van der Waals surface area contributed by atoms with Crippen molar-refractivity contribution in [2.24, 2.45) is 0 Å². The molecule has 0 N–H and O–H groups in total. The number of benzene rings is 2. The van der Waals surface area contributed by atoms with E-state index >= 15 is 0 Å². The number of rotatable bonds is 8. The molecule has 0 aliphatic heterocycles. The van der Waals surface area contributed by atoms with Crippen molar-refractivity contribution in [2.75, 3.05) is 7.11 Å². The zero-order chi connectivity index (χ0) is 20.6. The van der Waals surface area contributed by atoms with Gasteiger partial charge in [-0.15, -0.1) is 0 Å². The van der Waals surface area contributed by atoms with Crippen molar-refractivity contribution in [3.63, 3.8) is 0 Å². The highest BCUT2D eigenvalue weighted by Crippen LogP contribution is 2.20. The first-order valence-corrected chi connectivity index (χ1v) is 9.64. The number of carbonyl (C=O) groups excluding carboxylic acids is 2. The Balaban J connectivity index is 1.85. The van der Waals surface area contributed by atoms with Gasteiger partial charge in [0.1, 0.15) is 5.76 Å². The third kappa shape index (κ3) is 5.13. The molecule has 150 valence electrons. The van der Waals surface area contributed by atoms with Gasteiger partial charge in [0.15, 0.2) is 0 Å². The average molecular weight is 391 g/mol. The topological polar surface area (TPSA) is 59.8 Å². The molecular weight excluding hydrogens is 366 g/mol. The smallest absolute Gasteiger partial charge is 0.338 e. The van der Waals surface area contributed by atoms with Crippen LogP contribution in [0.25, 0.3) is 0 Å². The lowest BCUT2D eigenvalue weighted by molar-refractivity contribution is 0.0576. The second kappa shape index (κ2) is 9.73. The van der Waals surface area contributed by atoms with E-state index in [2.05, 4.69) is 12.1 Å². The maximum atomic E-state index is 13.4. The normalized spacial score (nSPS) is 11.7. The van der Waals surface area contributed by atoms with Crippen molar-refractivity contribution < 1.29 is 18.7 Å². The summed E-state index contributed by atoms with van der Waals surface area (Å²) in [5.74, 6) is -0.0488. The van der Waals surface area contributed by atoms with Gasteiger partial charge in [0.05, 0.1) is 31.0 Å². The molecule has 5 nitrogen and oxygen atoms in total. The lowest BCUT2D eigenvalue weighted by Gasteiger charge is -2.29. The Morgan fingerprint density at radius 1 is 0.966 bits per heavy atom. The largest absolute Gasteiger partial charge is 0.467 e. The van der Waals surface area contributed by atoms with Gasteiger partial charge in [0.2, 0.25) is 0 Å². The highest BCUT2D eigenvalue weighted by Gasteiger charge is 2.26. The number of carbonyl (C=O) groups is 2. The molecule has 0 saturated carbocycles. The molecular formula is C24H25NO4. The zero-order valence-corrected chi connectivity index (χ0v) is 16.7. The van der Waals surface area contributed by atoms with Crippen molar-refractivity contribution >= 4 is 11.9 Å². The summed E-state index contributed by atoms with van der Waals surface area (Å²) in [6.07, 6.45) is 3.23. The molecule has 29 heavy (non-hydrogen) atoms. The fourth-order valence-corrected chi connectivity index (χ4v) is 3.29. The van der Waals surface area contributed by atoms with Crippen molar-refractivity contribution in [1.29, 1.82) is 0 Å². The number of ether oxygens (including phenoxy) is 1. The molecule has 0 spiro atoms. The molecule has 0 bridgehead atoms. The molecule has 0 saturated heterocycles. The Hall–Kier alpha value is -3.34. The SMILES string of the molecule is COC(=O)c1ccccc1C(=O)N(Cc1ccco1)[C@@H](C)CCc1ccccc1. The fraction of sp³-hybridized carbons (Fsp3) is 0.250. The molecule has 0 unspecified atom stereocenters. The minimum absolute atomic E-state index is 0.0569. The first-order valence-electron chi connectivity index (χ1n) is 9.64. The number of hydrogen-bond acceptors (Lipinski definition) is 4. The zero-order valence-electron chi connectivity index (χ0n) is 16.7. The Bertz CT molecular complexity index is 935. The molecule has 1 heterocycles. The number of hydrogen-bond donors (Lipinski definition) is 0. The summed E-state index contributed by atoms with van der Waals surface area (Å²) in [5.41, 5.74) is 1.82. The molecule has 0 aliphatic rings. The third-order valence-corrected chi connectivity index (χ3v) is 4.96. The van der Waals surface area contributed by atoms with E-state index < -0.39 is 5.97 Å². The molecule has 0 aliphatic carbocycles. The van der Waals surface area contributed by atoms with Crippen LogP contribution < -0.4 is 0 Å². The van der Waals surface area contributed by atoms with Crippen molar-refractivity contribution in [3.8, 4) is 0 Å². The highest BCUT2D eigenvalue weighted by atomic mass is 16.5. The van der Waals surface area contributed by atoms with E-state index in [0.717, 1.165) is 12.8 Å². The van der Waals surface area contributed by atoms with Crippen LogP contribution in [0.1, 0.15) is 45.4 Å². The Morgan fingerprint density at radius 3 is 2.31 bits per heavy atom. The van der Waals surface area contributed by atoms with Crippen LogP contribution in [0, 0.1) is 0 Å². The number of aryl methyl sites for hydroxylation is 1. The summed E-state index contributed by atoms with van der Waals surface area (Å²) in [4.78, 5) is 27.3. The van der Waals surface area contributed by atoms with Crippen LogP contribution >= 0.6 is 0 Å². The first-order chi connectivity index (χ1) is 14.1. The van der Waals surface area contributed by atoms with E-state index in [1.807, 2.05) is 31.2 Å². The average Bonchev–Trinajstić information content (AvgIpc) is 3.29. The van der Waals surface area contributed by atoms with Gasteiger partial charge in [-0.1, -0.05) is 42.5 Å². The number of nitrogens with zero attached hydrogens (tertiary/aromatic N) is 1. The van der Waals surface area contributed by atoms with Gasteiger partial charge in [-0.05, 0) is 49.6 Å². The number of methoxy groups -OCH3 is 1. The second-order valence-electron chi connectivity index (χ2n) is 6.92. The number of amides is 1. The Morgan fingerprint density at radius 2 is 1.66 bits per heavy atom. The second-order valence-corrected chi connectivity index (χ2v) is 6.92. The molecule has 1 aromatic heterocycles. The lowest BCUT2D eigenvalue weighted by atomic mass is 10.0. The summed E-state index contributed by atoms with van der Waals surface area (Å²) in [6.45, 7) is 2.35. The minimum Gasteiger partial charge on any atom is -0.467 e. The summed E-state index contributed by atoms with van der Waals surface area (Å²) < 4.78 is 10.3. The van der Waals surface area contributed by atoms with Crippen LogP contribution in [0.3, 0.4) is 0 Å². The van der Waals surface area contributed by atoms with Crippen LogP contribution in [0.4, 0.5) is 0 Å². The molecule has 0 radical (unpaired) electrons. The predicted molar refractivity (Wildman–Crippen MR) is 111 cm³/mol. The van der Waals surface area contributed by atoms with Crippen LogP contribution in [-0.4, -0.2) is 29.9 Å². The van der Waals surface area contributed by atoms with Crippen molar-refractivity contribution in [2.45, 2.75) is 32.4 Å². The van der Waals surface area contributed by atoms with Gasteiger partial charge in [0.25, 0.3) is 5.91 Å². The quantitative estimate of drug-likeness (QED) is 0.521. The fourth-order valence-electron chi connectivity index (χ4n) is 3.29. The van der Waals surface area contributed by atoms with Gasteiger partial charge in [-0.2, -0.15) is 0 Å². The van der Waals surface area contributed by atoms with E-state index in [9.17, 15) is 9.59 Å². The van der Waals surface area contributed by atoms with Crippen LogP contribution in [0.15, 0.2) is 77.4 Å². The molecule has 1 amide bonds. The maximum absolute atomic E-state index is 13.4. The molecule has 3 aromatic rings. The summed E-state index contributed by atoms with van der Waals surface area (Å²) in [6, 6.07) is 20.5. The van der Waals surface area contributed by atoms with E-state index in [1.54, 1.807) is 41.5 Å². The molecule has 0 fully saturated rings. The van der Waals surface area contributed by atoms with E-state index in [4.69, 9.17) is 9.15 Å². The summed E-state index contributed by atoms with van der Waals surface area (Å²) in [5, 5.41) is 0. The molecule has 1 atom stereocenters. The highest BCUT2D eigenvalue weighted by molar-refractivity contribution is 6.05. The third-order valence-electron chi connectivity index (χ3n) is 4.96. The summed E-state index contributed by atoms with van der Waals surface area (Å²) >= 11 is 0. The Labute approximate surface area is 170 Å². The van der Waals surface area contributed by atoms with Gasteiger partial charge >= 0.3 is 5.97 Å². The van der Waals surface area contributed by atoms with Crippen LogP contribution in [-0.2, 0) is 17.7 Å². The number of furan rings is 1. The van der Waals surface area contributed by atoms with Crippen molar-refractivity contribution in [1.82, 2.24) is 4.90 Å². The molecule has 3 rings (SSSR count). The van der Waals surface area contributed by atoms with Crippen LogP contribution in [0.2, 0.25) is 0 Å². The monoisotopic (exact) mass is 391 g/mol. The standard InChI is InChI=1S/C24H25NO4/c1-18(14-15-19-9-4-3-5-10-19)25(17-20-11-8-16-29-20)23(26)21-12-6-7-13-22(21)24(27)28-2/h3-13,16,18H,14-15,17H2,1-2H3/t18-/m0/s1. The molecule has 5 heteroatoms. The lowest BCUT2D eigenvalue weighted by Crippen LogP contribution is -2.39. The van der Waals surface area contributed by atoms with Gasteiger partial charge in [-0.25, -0.2) is 4.79 Å². The summed E-state index contributed by atoms with van der Waals surface area (Å²) in [7, 11) is 1.31. The Kier molecular flexibility index (Phi) is 6.85. The van der Waals surface area contributed by atoms with Gasteiger partial charge in [-0.3, -0.25) is 4.79 Å². The van der Waals surface area contributed by atoms with E-state index in [-0.39, 0.29) is 17.5 Å². The first kappa shape index (κ1) is 20.4. The maximum Gasteiger partial charge on any atom is 0.338 e. The minimum atomic E-state index is -0.524. The van der Waals surface area contributed by atoms with E-state index in [0.29, 0.717) is 17.9 Å². The van der Waals surface area contributed by atoms with Gasteiger partial charge < -0.3 is 14.1 Å². The van der Waals surface area contributed by atoms with Gasteiger partial charge in [0, 0.05) is 6.04 Å². The number of esters is 1. The predicted octanol–water partition coefficient (Wildman–Crippen LogP) is 4.73. The van der Waals surface area contributed by atoms with E-state index in [1.165, 1.54) is 12.7 Å².